The van der Waals surface area contributed by atoms with Crippen LogP contribution < -0.4 is 0 Å². The van der Waals surface area contributed by atoms with Gasteiger partial charge in [-0.2, -0.15) is 0 Å². The summed E-state index contributed by atoms with van der Waals surface area (Å²) < 4.78 is 0. The maximum absolute atomic E-state index is 3.79. The van der Waals surface area contributed by atoms with E-state index in [-0.39, 0.29) is 0 Å². The Kier molecular flexibility index (Phi) is 3.40. The molecule has 0 aliphatic rings. The minimum atomic E-state index is 0.601. The first-order valence-electron chi connectivity index (χ1n) is 5.91. The zero-order chi connectivity index (χ0) is 11.4. The summed E-state index contributed by atoms with van der Waals surface area (Å²) in [5.41, 5.74) is 1.46. The second-order valence-electron chi connectivity index (χ2n) is 4.34. The van der Waals surface area contributed by atoms with Gasteiger partial charge in [0.2, 0.25) is 0 Å². The highest BCUT2D eigenvalue weighted by Gasteiger charge is 2.07. The Morgan fingerprint density at radius 2 is 1.88 bits per heavy atom. The van der Waals surface area contributed by atoms with Gasteiger partial charge in [-0.1, -0.05) is 55.5 Å². The van der Waals surface area contributed by atoms with Gasteiger partial charge in [-0.15, -0.1) is 6.58 Å². The lowest BCUT2D eigenvalue weighted by atomic mass is 9.91. The Morgan fingerprint density at radius 1 is 1.12 bits per heavy atom. The van der Waals surface area contributed by atoms with Gasteiger partial charge in [-0.3, -0.25) is 0 Å². The van der Waals surface area contributed by atoms with E-state index in [2.05, 4.69) is 56.0 Å². The molecule has 82 valence electrons. The predicted molar refractivity (Wildman–Crippen MR) is 71.8 cm³/mol. The highest BCUT2D eigenvalue weighted by Crippen LogP contribution is 2.28. The van der Waals surface area contributed by atoms with Crippen LogP contribution in [0.4, 0.5) is 0 Å². The lowest BCUT2D eigenvalue weighted by Gasteiger charge is -2.13. The number of hydrogen-bond acceptors (Lipinski definition) is 0. The van der Waals surface area contributed by atoms with E-state index >= 15 is 0 Å². The van der Waals surface area contributed by atoms with E-state index in [0.29, 0.717) is 5.92 Å². The van der Waals surface area contributed by atoms with Crippen molar-refractivity contribution in [2.45, 2.75) is 25.7 Å². The summed E-state index contributed by atoms with van der Waals surface area (Å²) in [6.07, 6.45) is 4.27. The lowest BCUT2D eigenvalue weighted by molar-refractivity contribution is 0.696. The van der Waals surface area contributed by atoms with Gasteiger partial charge in [0.15, 0.2) is 0 Å². The van der Waals surface area contributed by atoms with Gasteiger partial charge < -0.3 is 0 Å². The first-order chi connectivity index (χ1) is 7.83. The molecule has 0 amide bonds. The zero-order valence-electron chi connectivity index (χ0n) is 9.82. The van der Waals surface area contributed by atoms with E-state index in [1.165, 1.54) is 22.8 Å². The highest BCUT2D eigenvalue weighted by atomic mass is 14.1. The zero-order valence-corrected chi connectivity index (χ0v) is 9.82. The van der Waals surface area contributed by atoms with Gasteiger partial charge in [0.1, 0.15) is 0 Å². The van der Waals surface area contributed by atoms with Crippen LogP contribution in [0.2, 0.25) is 0 Å². The molecule has 0 saturated carbocycles. The predicted octanol–water partition coefficient (Wildman–Crippen LogP) is 4.91. The quantitative estimate of drug-likeness (QED) is 0.629. The summed E-state index contributed by atoms with van der Waals surface area (Å²) >= 11 is 0. The molecule has 0 aliphatic heterocycles. The van der Waals surface area contributed by atoms with Crippen LogP contribution in [-0.2, 0) is 0 Å². The minimum Gasteiger partial charge on any atom is -0.103 e. The fraction of sp³-hybridized carbons (Fsp3) is 0.250. The van der Waals surface area contributed by atoms with Crippen LogP contribution >= 0.6 is 0 Å². The van der Waals surface area contributed by atoms with Crippen molar-refractivity contribution in [3.05, 3.63) is 60.7 Å². The van der Waals surface area contributed by atoms with Crippen LogP contribution in [-0.4, -0.2) is 0 Å². The third kappa shape index (κ3) is 2.16. The Balaban J connectivity index is 2.39. The summed E-state index contributed by atoms with van der Waals surface area (Å²) in [5, 5.41) is 2.73. The summed E-state index contributed by atoms with van der Waals surface area (Å²) in [7, 11) is 0. The Hall–Kier alpha value is -1.56. The van der Waals surface area contributed by atoms with Gasteiger partial charge in [0, 0.05) is 0 Å². The maximum Gasteiger partial charge on any atom is -0.0149 e. The van der Waals surface area contributed by atoms with Crippen LogP contribution in [0.3, 0.4) is 0 Å². The molecule has 0 aliphatic carbocycles. The SMILES string of the molecule is C=CCC[C@H](C)c1cccc2ccccc12. The highest BCUT2D eigenvalue weighted by molar-refractivity contribution is 5.86. The molecule has 2 rings (SSSR count). The number of rotatable bonds is 4. The standard InChI is InChI=1S/C16H18/c1-3-4-8-13(2)15-12-7-10-14-9-5-6-11-16(14)15/h3,5-7,9-13H,1,4,8H2,2H3/t13-/m0/s1. The van der Waals surface area contributed by atoms with E-state index in [0.717, 1.165) is 6.42 Å². The largest absolute Gasteiger partial charge is 0.103 e. The molecule has 0 nitrogen and oxygen atoms in total. The molecule has 0 heterocycles. The number of fused-ring (bicyclic) bond motifs is 1. The second kappa shape index (κ2) is 4.98. The molecule has 0 unspecified atom stereocenters. The second-order valence-corrected chi connectivity index (χ2v) is 4.34. The van der Waals surface area contributed by atoms with Gasteiger partial charge in [-0.05, 0) is 35.1 Å². The van der Waals surface area contributed by atoms with Crippen molar-refractivity contribution in [3.8, 4) is 0 Å². The topological polar surface area (TPSA) is 0 Å². The molecule has 2 aromatic rings. The molecular weight excluding hydrogens is 192 g/mol. The van der Waals surface area contributed by atoms with E-state index in [9.17, 15) is 0 Å². The molecule has 1 atom stereocenters. The van der Waals surface area contributed by atoms with E-state index in [4.69, 9.17) is 0 Å². The molecule has 0 N–H and O–H groups in total. The average molecular weight is 210 g/mol. The average Bonchev–Trinajstić information content (AvgIpc) is 2.35. The normalized spacial score (nSPS) is 12.6. The first-order valence-corrected chi connectivity index (χ1v) is 5.91. The fourth-order valence-corrected chi connectivity index (χ4v) is 2.20. The van der Waals surface area contributed by atoms with Crippen molar-refractivity contribution in [2.75, 3.05) is 0 Å². The molecule has 2 aromatic carbocycles. The molecule has 0 heteroatoms. The Bertz CT molecular complexity index is 477. The third-order valence-electron chi connectivity index (χ3n) is 3.16. The van der Waals surface area contributed by atoms with Crippen LogP contribution in [0.15, 0.2) is 55.1 Å². The van der Waals surface area contributed by atoms with Crippen molar-refractivity contribution in [1.82, 2.24) is 0 Å². The molecule has 0 spiro atoms. The van der Waals surface area contributed by atoms with Gasteiger partial charge in [0.25, 0.3) is 0 Å². The van der Waals surface area contributed by atoms with Crippen molar-refractivity contribution >= 4 is 10.8 Å². The maximum atomic E-state index is 3.79. The first kappa shape index (κ1) is 10.9. The van der Waals surface area contributed by atoms with Crippen LogP contribution in [0, 0.1) is 0 Å². The van der Waals surface area contributed by atoms with Gasteiger partial charge in [-0.25, -0.2) is 0 Å². The molecule has 0 fully saturated rings. The van der Waals surface area contributed by atoms with Crippen LogP contribution in [0.5, 0.6) is 0 Å². The molecule has 0 saturated heterocycles. The van der Waals surface area contributed by atoms with Gasteiger partial charge >= 0.3 is 0 Å². The molecule has 0 bridgehead atoms. The molecule has 16 heavy (non-hydrogen) atoms. The van der Waals surface area contributed by atoms with Gasteiger partial charge in [0.05, 0.1) is 0 Å². The van der Waals surface area contributed by atoms with Crippen molar-refractivity contribution in [1.29, 1.82) is 0 Å². The Labute approximate surface area is 97.6 Å². The van der Waals surface area contributed by atoms with Crippen LogP contribution in [0.25, 0.3) is 10.8 Å². The lowest BCUT2D eigenvalue weighted by Crippen LogP contribution is -1.94. The fourth-order valence-electron chi connectivity index (χ4n) is 2.20. The minimum absolute atomic E-state index is 0.601. The molecular formula is C16H18. The van der Waals surface area contributed by atoms with Crippen molar-refractivity contribution in [3.63, 3.8) is 0 Å². The summed E-state index contributed by atoms with van der Waals surface area (Å²) in [5.74, 6) is 0.601. The molecule has 0 aromatic heterocycles. The summed E-state index contributed by atoms with van der Waals surface area (Å²) in [6, 6.07) is 15.2. The summed E-state index contributed by atoms with van der Waals surface area (Å²) in [6.45, 7) is 6.09. The number of allylic oxidation sites excluding steroid dienone is 1. The van der Waals surface area contributed by atoms with E-state index in [1.807, 2.05) is 6.08 Å². The Morgan fingerprint density at radius 3 is 2.69 bits per heavy atom. The smallest absolute Gasteiger partial charge is 0.0149 e. The van der Waals surface area contributed by atoms with Crippen LogP contribution in [0.1, 0.15) is 31.2 Å². The van der Waals surface area contributed by atoms with E-state index in [1.54, 1.807) is 0 Å². The van der Waals surface area contributed by atoms with Crippen molar-refractivity contribution < 1.29 is 0 Å². The number of benzene rings is 2. The number of hydrogen-bond donors (Lipinski definition) is 0. The monoisotopic (exact) mass is 210 g/mol. The molecule has 0 radical (unpaired) electrons. The summed E-state index contributed by atoms with van der Waals surface area (Å²) in [4.78, 5) is 0. The third-order valence-corrected chi connectivity index (χ3v) is 3.16. The van der Waals surface area contributed by atoms with E-state index < -0.39 is 0 Å². The van der Waals surface area contributed by atoms with Crippen molar-refractivity contribution in [2.24, 2.45) is 0 Å².